The Morgan fingerprint density at radius 3 is 1.50 bits per heavy atom. The van der Waals surface area contributed by atoms with Gasteiger partial charge in [-0.3, -0.25) is 0 Å². The Hall–Kier alpha value is -1.84. The molecule has 0 saturated heterocycles. The minimum absolute atomic E-state index is 0.381. The summed E-state index contributed by atoms with van der Waals surface area (Å²) < 4.78 is 5.19. The van der Waals surface area contributed by atoms with Gasteiger partial charge < -0.3 is 9.84 Å². The molecule has 0 aliphatic heterocycles. The summed E-state index contributed by atoms with van der Waals surface area (Å²) in [5, 5.41) is 9.33. The van der Waals surface area contributed by atoms with Crippen molar-refractivity contribution in [2.24, 2.45) is 0 Å². The van der Waals surface area contributed by atoms with Gasteiger partial charge in [-0.05, 0) is 25.0 Å². The molecule has 0 heterocycles. The van der Waals surface area contributed by atoms with Crippen LogP contribution in [0, 0.1) is 0 Å². The molecule has 182 valence electrons. The number of carboxylic acids is 1. The molecule has 0 radical (unpaired) electrons. The topological polar surface area (TPSA) is 63.6 Å². The van der Waals surface area contributed by atoms with Crippen LogP contribution in [0.3, 0.4) is 0 Å². The lowest BCUT2D eigenvalue weighted by Crippen LogP contribution is -2.27. The van der Waals surface area contributed by atoms with E-state index in [1.54, 1.807) is 24.3 Å². The van der Waals surface area contributed by atoms with Crippen molar-refractivity contribution in [3.05, 3.63) is 35.9 Å². The number of benzene rings is 1. The number of carboxylic acid groups (broad SMARTS) is 1. The quantitative estimate of drug-likeness (QED) is 0.152. The maximum absolute atomic E-state index is 12.1. The first kappa shape index (κ1) is 28.2. The van der Waals surface area contributed by atoms with Gasteiger partial charge in [0.05, 0.1) is 5.56 Å². The third-order valence-corrected chi connectivity index (χ3v) is 6.10. The first-order chi connectivity index (χ1) is 15.6. The molecule has 0 aliphatic carbocycles. The molecule has 4 nitrogen and oxygen atoms in total. The van der Waals surface area contributed by atoms with E-state index in [9.17, 15) is 14.7 Å². The average Bonchev–Trinajstić information content (AvgIpc) is 2.80. The van der Waals surface area contributed by atoms with Crippen LogP contribution in [-0.4, -0.2) is 23.1 Å². The maximum Gasteiger partial charge on any atom is 0.345 e. The van der Waals surface area contributed by atoms with Crippen molar-refractivity contribution < 1.29 is 19.4 Å². The molecule has 0 saturated carbocycles. The Morgan fingerprint density at radius 1 is 0.688 bits per heavy atom. The second-order valence-corrected chi connectivity index (χ2v) is 9.04. The van der Waals surface area contributed by atoms with Crippen molar-refractivity contribution >= 4 is 11.9 Å². The maximum atomic E-state index is 12.1. The predicted molar refractivity (Wildman–Crippen MR) is 132 cm³/mol. The van der Waals surface area contributed by atoms with Crippen LogP contribution < -0.4 is 0 Å². The second-order valence-electron chi connectivity index (χ2n) is 9.04. The Labute approximate surface area is 196 Å². The molecule has 0 amide bonds. The van der Waals surface area contributed by atoms with Gasteiger partial charge in [-0.2, -0.15) is 0 Å². The van der Waals surface area contributed by atoms with E-state index in [1.165, 1.54) is 89.9 Å². The van der Waals surface area contributed by atoms with Crippen molar-refractivity contribution in [2.75, 3.05) is 0 Å². The SMILES string of the molecule is CCCCCCCCCCCCCCCCCCC[C@@H](OC(=O)c1ccccc1)C(=O)O. The van der Waals surface area contributed by atoms with E-state index in [0.29, 0.717) is 12.0 Å². The molecule has 0 fully saturated rings. The van der Waals surface area contributed by atoms with Gasteiger partial charge in [0.1, 0.15) is 0 Å². The number of rotatable bonds is 21. The highest BCUT2D eigenvalue weighted by atomic mass is 16.6. The summed E-state index contributed by atoms with van der Waals surface area (Å²) in [6, 6.07) is 8.56. The van der Waals surface area contributed by atoms with Gasteiger partial charge in [0.15, 0.2) is 6.10 Å². The summed E-state index contributed by atoms with van der Waals surface area (Å²) in [5.74, 6) is -1.63. The number of esters is 1. The molecule has 1 atom stereocenters. The average molecular weight is 447 g/mol. The fraction of sp³-hybridized carbons (Fsp3) is 0.714. The molecule has 0 spiro atoms. The van der Waals surface area contributed by atoms with E-state index in [4.69, 9.17) is 4.74 Å². The van der Waals surface area contributed by atoms with Gasteiger partial charge in [0.2, 0.25) is 0 Å². The minimum Gasteiger partial charge on any atom is -0.479 e. The van der Waals surface area contributed by atoms with Gasteiger partial charge in [-0.25, -0.2) is 9.59 Å². The van der Waals surface area contributed by atoms with E-state index in [1.807, 2.05) is 6.07 Å². The minimum atomic E-state index is -1.06. The van der Waals surface area contributed by atoms with Crippen LogP contribution in [0.15, 0.2) is 30.3 Å². The molecule has 1 aromatic rings. The molecule has 1 N–H and O–H groups in total. The summed E-state index contributed by atoms with van der Waals surface area (Å²) in [6.45, 7) is 2.27. The van der Waals surface area contributed by atoms with Gasteiger partial charge >= 0.3 is 11.9 Å². The monoisotopic (exact) mass is 446 g/mol. The Morgan fingerprint density at radius 2 is 1.09 bits per heavy atom. The normalized spacial score (nSPS) is 11.9. The van der Waals surface area contributed by atoms with Crippen molar-refractivity contribution in [1.29, 1.82) is 0 Å². The summed E-state index contributed by atoms with van der Waals surface area (Å²) in [7, 11) is 0. The summed E-state index contributed by atoms with van der Waals surface area (Å²) in [4.78, 5) is 23.4. The summed E-state index contributed by atoms with van der Waals surface area (Å²) in [6.07, 6.45) is 21.3. The molecule has 0 aliphatic rings. The van der Waals surface area contributed by atoms with Crippen LogP contribution in [0.4, 0.5) is 0 Å². The number of carbonyl (C=O) groups is 2. The lowest BCUT2D eigenvalue weighted by atomic mass is 10.0. The van der Waals surface area contributed by atoms with Crippen LogP contribution in [0.25, 0.3) is 0 Å². The largest absolute Gasteiger partial charge is 0.479 e. The van der Waals surface area contributed by atoms with Crippen molar-refractivity contribution in [2.45, 2.75) is 129 Å². The first-order valence-corrected chi connectivity index (χ1v) is 13.1. The molecule has 0 aromatic heterocycles. The van der Waals surface area contributed by atoms with Crippen LogP contribution in [-0.2, 0) is 9.53 Å². The standard InChI is InChI=1S/C28H46O4/c1-2-3-4-5-6-7-8-9-10-11-12-13-14-15-16-17-21-24-26(27(29)30)32-28(31)25-22-19-18-20-23-25/h18-20,22-23,26H,2-17,21,24H2,1H3,(H,29,30)/t26-/m1/s1. The molecule has 1 aromatic carbocycles. The van der Waals surface area contributed by atoms with Gasteiger partial charge in [-0.15, -0.1) is 0 Å². The van der Waals surface area contributed by atoms with E-state index in [2.05, 4.69) is 6.92 Å². The number of hydrogen-bond donors (Lipinski definition) is 1. The Bertz CT molecular complexity index is 584. The smallest absolute Gasteiger partial charge is 0.345 e. The van der Waals surface area contributed by atoms with E-state index in [-0.39, 0.29) is 0 Å². The highest BCUT2D eigenvalue weighted by molar-refractivity contribution is 5.91. The highest BCUT2D eigenvalue weighted by Gasteiger charge is 2.22. The third-order valence-electron chi connectivity index (χ3n) is 6.10. The number of hydrogen-bond acceptors (Lipinski definition) is 3. The van der Waals surface area contributed by atoms with Crippen molar-refractivity contribution in [3.8, 4) is 0 Å². The third kappa shape index (κ3) is 15.0. The van der Waals surface area contributed by atoms with Crippen LogP contribution in [0.5, 0.6) is 0 Å². The lowest BCUT2D eigenvalue weighted by Gasteiger charge is -2.13. The number of ether oxygens (including phenoxy) is 1. The zero-order valence-electron chi connectivity index (χ0n) is 20.4. The van der Waals surface area contributed by atoms with Gasteiger partial charge in [0.25, 0.3) is 0 Å². The molecule has 1 rings (SSSR count). The molecule has 4 heteroatoms. The first-order valence-electron chi connectivity index (χ1n) is 13.1. The van der Waals surface area contributed by atoms with E-state index in [0.717, 1.165) is 19.3 Å². The lowest BCUT2D eigenvalue weighted by molar-refractivity contribution is -0.147. The van der Waals surface area contributed by atoms with E-state index < -0.39 is 18.0 Å². The fourth-order valence-corrected chi connectivity index (χ4v) is 4.06. The Balaban J connectivity index is 1.92. The van der Waals surface area contributed by atoms with Crippen LogP contribution in [0.1, 0.15) is 133 Å². The highest BCUT2D eigenvalue weighted by Crippen LogP contribution is 2.15. The molecule has 0 bridgehead atoms. The summed E-state index contributed by atoms with van der Waals surface area (Å²) in [5.41, 5.74) is 0.390. The van der Waals surface area contributed by atoms with Crippen molar-refractivity contribution in [1.82, 2.24) is 0 Å². The van der Waals surface area contributed by atoms with Crippen molar-refractivity contribution in [3.63, 3.8) is 0 Å². The Kier molecular flexibility index (Phi) is 17.5. The van der Waals surface area contributed by atoms with Gasteiger partial charge in [0, 0.05) is 0 Å². The molecule has 0 unspecified atom stereocenters. The van der Waals surface area contributed by atoms with E-state index >= 15 is 0 Å². The predicted octanol–water partition coefficient (Wildman–Crippen LogP) is 8.34. The number of carbonyl (C=O) groups excluding carboxylic acids is 1. The van der Waals surface area contributed by atoms with Crippen LogP contribution in [0.2, 0.25) is 0 Å². The van der Waals surface area contributed by atoms with Gasteiger partial charge in [-0.1, -0.05) is 128 Å². The fourth-order valence-electron chi connectivity index (χ4n) is 4.06. The molecular weight excluding hydrogens is 400 g/mol. The second kappa shape index (κ2) is 19.8. The van der Waals surface area contributed by atoms with Crippen LogP contribution >= 0.6 is 0 Å². The molecular formula is C28H46O4. The summed E-state index contributed by atoms with van der Waals surface area (Å²) >= 11 is 0. The number of unbranched alkanes of at least 4 members (excludes halogenated alkanes) is 16. The molecule has 32 heavy (non-hydrogen) atoms. The number of aliphatic carboxylic acids is 1. The zero-order valence-corrected chi connectivity index (χ0v) is 20.4. The zero-order chi connectivity index (χ0) is 23.3.